The van der Waals surface area contributed by atoms with Gasteiger partial charge in [0.25, 0.3) is 0 Å². The number of rotatable bonds is 2. The van der Waals surface area contributed by atoms with E-state index < -0.39 is 0 Å². The lowest BCUT2D eigenvalue weighted by Crippen LogP contribution is -2.21. The van der Waals surface area contributed by atoms with Crippen LogP contribution < -0.4 is 9.88 Å². The topological polar surface area (TPSA) is 33.1 Å². The zero-order chi connectivity index (χ0) is 8.97. The van der Waals surface area contributed by atoms with Crippen LogP contribution in [0.5, 0.6) is 0 Å². The maximum absolute atomic E-state index is 8.72. The molecule has 0 fully saturated rings. The zero-order valence-corrected chi connectivity index (χ0v) is 8.19. The third-order valence-electron chi connectivity index (χ3n) is 1.46. The van der Waals surface area contributed by atoms with Crippen molar-refractivity contribution in [3.05, 3.63) is 14.9 Å². The maximum Gasteiger partial charge on any atom is 0.0907 e. The van der Waals surface area contributed by atoms with Gasteiger partial charge in [-0.05, 0) is 19.4 Å². The van der Waals surface area contributed by atoms with E-state index in [2.05, 4.69) is 18.0 Å². The molecule has 2 nitrogen and oxygen atoms in total. The van der Waals surface area contributed by atoms with Crippen LogP contribution >= 0.6 is 11.3 Å². The number of aliphatic hydroxyl groups excluding tert-OH is 1. The molecule has 1 rings (SSSR count). The predicted molar refractivity (Wildman–Crippen MR) is 52.4 cm³/mol. The molecule has 0 unspecified atom stereocenters. The number of hydrogen-bond donors (Lipinski definition) is 1. The lowest BCUT2D eigenvalue weighted by Gasteiger charge is -1.77. The summed E-state index contributed by atoms with van der Waals surface area (Å²) in [5, 5.41) is 10.7. The Morgan fingerprint density at radius 3 is 2.83 bits per heavy atom. The summed E-state index contributed by atoms with van der Waals surface area (Å²) in [6, 6.07) is 0. The summed E-state index contributed by atoms with van der Waals surface area (Å²) in [4.78, 5) is 4.29. The number of thiazole rings is 1. The monoisotopic (exact) mass is 183 g/mol. The van der Waals surface area contributed by atoms with Gasteiger partial charge in [0.15, 0.2) is 0 Å². The van der Waals surface area contributed by atoms with Crippen molar-refractivity contribution in [2.75, 3.05) is 6.61 Å². The van der Waals surface area contributed by atoms with E-state index in [9.17, 15) is 0 Å². The molecule has 0 saturated carbocycles. The first kappa shape index (κ1) is 9.42. The second-order valence-electron chi connectivity index (χ2n) is 2.48. The molecule has 0 atom stereocenters. The van der Waals surface area contributed by atoms with Crippen LogP contribution in [0.1, 0.15) is 18.4 Å². The molecule has 0 aromatic carbocycles. The van der Waals surface area contributed by atoms with E-state index in [4.69, 9.17) is 5.11 Å². The number of aryl methyl sites for hydroxylation is 1. The molecule has 0 bridgehead atoms. The molecule has 1 aromatic rings. The highest BCUT2D eigenvalue weighted by atomic mass is 32.1. The lowest BCUT2D eigenvalue weighted by atomic mass is 10.4. The Balaban J connectivity index is 3.27. The Kier molecular flexibility index (Phi) is 3.44. The molecule has 3 heteroatoms. The summed E-state index contributed by atoms with van der Waals surface area (Å²) in [6.45, 7) is 4.14. The third kappa shape index (κ3) is 2.16. The van der Waals surface area contributed by atoms with Crippen molar-refractivity contribution in [2.24, 2.45) is 0 Å². The fourth-order valence-electron chi connectivity index (χ4n) is 1.02. The van der Waals surface area contributed by atoms with E-state index in [1.807, 2.05) is 6.92 Å². The normalized spacial score (nSPS) is 14.2. The molecule has 1 N–H and O–H groups in total. The van der Waals surface area contributed by atoms with Gasteiger partial charge in [-0.25, -0.2) is 4.98 Å². The van der Waals surface area contributed by atoms with E-state index in [-0.39, 0.29) is 6.61 Å². The number of nitrogens with zero attached hydrogens (tertiary/aromatic N) is 1. The Morgan fingerprint density at radius 1 is 1.50 bits per heavy atom. The summed E-state index contributed by atoms with van der Waals surface area (Å²) in [6.07, 6.45) is 4.88. The molecule has 0 aliphatic carbocycles. The minimum Gasteiger partial charge on any atom is -0.392 e. The van der Waals surface area contributed by atoms with Gasteiger partial charge >= 0.3 is 0 Å². The Hall–Kier alpha value is -0.670. The number of aromatic nitrogens is 1. The van der Waals surface area contributed by atoms with E-state index in [1.165, 1.54) is 4.53 Å². The minimum atomic E-state index is 0.0632. The van der Waals surface area contributed by atoms with Crippen molar-refractivity contribution < 1.29 is 5.11 Å². The van der Waals surface area contributed by atoms with Gasteiger partial charge in [0.2, 0.25) is 0 Å². The Bertz CT molecular complexity index is 320. The second-order valence-corrected chi connectivity index (χ2v) is 3.72. The quantitative estimate of drug-likeness (QED) is 0.720. The third-order valence-corrected chi connectivity index (χ3v) is 2.44. The second kappa shape index (κ2) is 4.38. The van der Waals surface area contributed by atoms with Crippen LogP contribution in [0.15, 0.2) is 0 Å². The first-order valence-corrected chi connectivity index (χ1v) is 4.84. The first-order valence-electron chi connectivity index (χ1n) is 4.02. The molecule has 0 saturated heterocycles. The van der Waals surface area contributed by atoms with Crippen molar-refractivity contribution in [1.82, 2.24) is 4.98 Å². The van der Waals surface area contributed by atoms with E-state index in [0.717, 1.165) is 16.8 Å². The average Bonchev–Trinajstić information content (AvgIpc) is 2.33. The van der Waals surface area contributed by atoms with Gasteiger partial charge in [0.1, 0.15) is 0 Å². The zero-order valence-electron chi connectivity index (χ0n) is 7.37. The number of aliphatic hydroxyl groups is 1. The maximum atomic E-state index is 8.72. The molecule has 0 aliphatic rings. The fraction of sp³-hybridized carbons (Fsp3) is 0.444. The Morgan fingerprint density at radius 2 is 2.25 bits per heavy atom. The van der Waals surface area contributed by atoms with Crippen LogP contribution in [0.4, 0.5) is 0 Å². The summed E-state index contributed by atoms with van der Waals surface area (Å²) < 4.78 is 1.17. The van der Waals surface area contributed by atoms with Crippen LogP contribution in [-0.2, 0) is 0 Å². The molecule has 0 spiro atoms. The molecule has 0 radical (unpaired) electrons. The molecular formula is C9H13NOS. The SMILES string of the molecule is CC/C=c1/sc(C)n/c1=C/CO. The van der Waals surface area contributed by atoms with Gasteiger partial charge in [0.05, 0.1) is 21.5 Å². The van der Waals surface area contributed by atoms with Crippen LogP contribution in [0.25, 0.3) is 12.2 Å². The molecule has 1 aromatic heterocycles. The molecule has 66 valence electrons. The smallest absolute Gasteiger partial charge is 0.0907 e. The fourth-order valence-corrected chi connectivity index (χ4v) is 1.97. The lowest BCUT2D eigenvalue weighted by molar-refractivity contribution is 0.354. The van der Waals surface area contributed by atoms with Gasteiger partial charge in [-0.1, -0.05) is 13.0 Å². The first-order chi connectivity index (χ1) is 5.77. The van der Waals surface area contributed by atoms with E-state index in [1.54, 1.807) is 17.4 Å². The van der Waals surface area contributed by atoms with E-state index >= 15 is 0 Å². The summed E-state index contributed by atoms with van der Waals surface area (Å²) >= 11 is 1.67. The van der Waals surface area contributed by atoms with E-state index in [0.29, 0.717) is 0 Å². The standard InChI is InChI=1S/C9H13NOS/c1-3-4-9-8(5-6-11)10-7(2)12-9/h4-5,11H,3,6H2,1-2H3/b8-5+,9-4+. The summed E-state index contributed by atoms with van der Waals surface area (Å²) in [7, 11) is 0. The van der Waals surface area contributed by atoms with Crippen molar-refractivity contribution in [1.29, 1.82) is 0 Å². The summed E-state index contributed by atoms with van der Waals surface area (Å²) in [5.74, 6) is 0. The molecule has 0 aliphatic heterocycles. The average molecular weight is 183 g/mol. The highest BCUT2D eigenvalue weighted by Gasteiger charge is 1.92. The van der Waals surface area contributed by atoms with Crippen molar-refractivity contribution >= 4 is 23.5 Å². The van der Waals surface area contributed by atoms with Crippen molar-refractivity contribution in [3.8, 4) is 0 Å². The van der Waals surface area contributed by atoms with Gasteiger partial charge in [-0.2, -0.15) is 0 Å². The molecule has 12 heavy (non-hydrogen) atoms. The molecule has 1 heterocycles. The van der Waals surface area contributed by atoms with Crippen LogP contribution in [-0.4, -0.2) is 16.7 Å². The van der Waals surface area contributed by atoms with Gasteiger partial charge < -0.3 is 5.11 Å². The van der Waals surface area contributed by atoms with Crippen molar-refractivity contribution in [3.63, 3.8) is 0 Å². The van der Waals surface area contributed by atoms with Crippen LogP contribution in [0.2, 0.25) is 0 Å². The van der Waals surface area contributed by atoms with Crippen LogP contribution in [0.3, 0.4) is 0 Å². The minimum absolute atomic E-state index is 0.0632. The van der Waals surface area contributed by atoms with Crippen LogP contribution in [0, 0.1) is 6.92 Å². The molecule has 0 amide bonds. The Labute approximate surface area is 75.9 Å². The highest BCUT2D eigenvalue weighted by Crippen LogP contribution is 1.91. The number of hydrogen-bond acceptors (Lipinski definition) is 3. The van der Waals surface area contributed by atoms with Gasteiger partial charge in [-0.15, -0.1) is 11.3 Å². The summed E-state index contributed by atoms with van der Waals surface area (Å²) in [5.41, 5.74) is 0. The molecular weight excluding hydrogens is 170 g/mol. The predicted octanol–water partition coefficient (Wildman–Crippen LogP) is 0.415. The highest BCUT2D eigenvalue weighted by molar-refractivity contribution is 7.09. The largest absolute Gasteiger partial charge is 0.392 e. The van der Waals surface area contributed by atoms with Gasteiger partial charge in [-0.3, -0.25) is 0 Å². The van der Waals surface area contributed by atoms with Crippen molar-refractivity contribution in [2.45, 2.75) is 20.3 Å². The van der Waals surface area contributed by atoms with Gasteiger partial charge in [0, 0.05) is 0 Å².